The van der Waals surface area contributed by atoms with Gasteiger partial charge in [-0.25, -0.2) is 15.0 Å². The van der Waals surface area contributed by atoms with E-state index in [1.807, 2.05) is 19.1 Å². The van der Waals surface area contributed by atoms with Crippen molar-refractivity contribution in [3.8, 4) is 11.4 Å². The van der Waals surface area contributed by atoms with E-state index in [9.17, 15) is 0 Å². The second kappa shape index (κ2) is 3.51. The van der Waals surface area contributed by atoms with E-state index in [1.54, 1.807) is 6.20 Å². The van der Waals surface area contributed by atoms with Crippen molar-refractivity contribution >= 4 is 17.0 Å². The van der Waals surface area contributed by atoms with Crippen molar-refractivity contribution in [3.63, 3.8) is 0 Å². The molecule has 6 heteroatoms. The Morgan fingerprint density at radius 1 is 1.24 bits per heavy atom. The molecule has 6 nitrogen and oxygen atoms in total. The normalized spacial score (nSPS) is 10.9. The number of anilines is 1. The van der Waals surface area contributed by atoms with Crippen LogP contribution < -0.4 is 5.73 Å². The van der Waals surface area contributed by atoms with Gasteiger partial charge in [0.25, 0.3) is 0 Å². The van der Waals surface area contributed by atoms with E-state index >= 15 is 0 Å². The fourth-order valence-corrected chi connectivity index (χ4v) is 1.68. The molecule has 3 rings (SSSR count). The molecule has 0 aromatic carbocycles. The molecular formula is C11H10N6. The molecule has 0 saturated heterocycles. The number of fused-ring (bicyclic) bond motifs is 1. The van der Waals surface area contributed by atoms with Crippen LogP contribution in [0.4, 0.5) is 5.82 Å². The molecule has 0 aliphatic rings. The van der Waals surface area contributed by atoms with E-state index in [4.69, 9.17) is 5.73 Å². The van der Waals surface area contributed by atoms with Crippen LogP contribution in [0.1, 0.15) is 5.69 Å². The molecule has 84 valence electrons. The molecule has 3 heterocycles. The molecule has 0 aliphatic heterocycles. The van der Waals surface area contributed by atoms with Gasteiger partial charge in [0.2, 0.25) is 0 Å². The highest BCUT2D eigenvalue weighted by Gasteiger charge is 2.08. The highest BCUT2D eigenvalue weighted by molar-refractivity contribution is 5.84. The Morgan fingerprint density at radius 2 is 2.12 bits per heavy atom. The number of aromatic amines is 1. The van der Waals surface area contributed by atoms with E-state index in [0.717, 1.165) is 17.1 Å². The van der Waals surface area contributed by atoms with Crippen molar-refractivity contribution < 1.29 is 0 Å². The lowest BCUT2D eigenvalue weighted by Crippen LogP contribution is -1.91. The number of nitrogen functional groups attached to an aromatic ring is 1. The lowest BCUT2D eigenvalue weighted by atomic mass is 10.2. The van der Waals surface area contributed by atoms with Crippen molar-refractivity contribution in [1.82, 2.24) is 24.9 Å². The van der Waals surface area contributed by atoms with Gasteiger partial charge in [0, 0.05) is 17.5 Å². The zero-order valence-electron chi connectivity index (χ0n) is 9.18. The molecule has 0 spiro atoms. The minimum absolute atomic E-state index is 0.402. The molecule has 3 N–H and O–H groups in total. The van der Waals surface area contributed by atoms with E-state index in [0.29, 0.717) is 17.0 Å². The fraction of sp³-hybridized carbons (Fsp3) is 0.0909. The summed E-state index contributed by atoms with van der Waals surface area (Å²) in [4.78, 5) is 19.6. The number of nitrogens with two attached hydrogens (primary N) is 1. The number of hydrogen-bond donors (Lipinski definition) is 2. The van der Waals surface area contributed by atoms with Gasteiger partial charge < -0.3 is 10.7 Å². The summed E-state index contributed by atoms with van der Waals surface area (Å²) in [5.74, 6) is 1.12. The molecule has 0 amide bonds. The monoisotopic (exact) mass is 226 g/mol. The van der Waals surface area contributed by atoms with Crippen molar-refractivity contribution in [3.05, 3.63) is 30.4 Å². The SMILES string of the molecule is Cc1cc(-c2nc3ncnc(N)c3[nH]2)ccn1. The fourth-order valence-electron chi connectivity index (χ4n) is 1.68. The van der Waals surface area contributed by atoms with Gasteiger partial charge in [-0.3, -0.25) is 4.98 Å². The summed E-state index contributed by atoms with van der Waals surface area (Å²) in [6.45, 7) is 1.93. The van der Waals surface area contributed by atoms with Crippen LogP contribution in [-0.2, 0) is 0 Å². The Hall–Kier alpha value is -2.50. The van der Waals surface area contributed by atoms with Gasteiger partial charge in [0.1, 0.15) is 17.7 Å². The summed E-state index contributed by atoms with van der Waals surface area (Å²) in [7, 11) is 0. The number of nitrogens with zero attached hydrogens (tertiary/aromatic N) is 4. The van der Waals surface area contributed by atoms with E-state index in [2.05, 4.69) is 24.9 Å². The molecule has 0 bridgehead atoms. The number of pyridine rings is 1. The van der Waals surface area contributed by atoms with Crippen LogP contribution in [0, 0.1) is 6.92 Å². The van der Waals surface area contributed by atoms with Gasteiger partial charge in [0.15, 0.2) is 11.5 Å². The Morgan fingerprint density at radius 3 is 2.88 bits per heavy atom. The Kier molecular flexibility index (Phi) is 2.01. The number of imidazole rings is 1. The van der Waals surface area contributed by atoms with Crippen LogP contribution in [-0.4, -0.2) is 24.9 Å². The van der Waals surface area contributed by atoms with Crippen LogP contribution in [0.5, 0.6) is 0 Å². The lowest BCUT2D eigenvalue weighted by Gasteiger charge is -1.96. The van der Waals surface area contributed by atoms with Gasteiger partial charge >= 0.3 is 0 Å². The quantitative estimate of drug-likeness (QED) is 0.652. The van der Waals surface area contributed by atoms with Gasteiger partial charge in [-0.2, -0.15) is 0 Å². The first-order valence-electron chi connectivity index (χ1n) is 5.13. The topological polar surface area (TPSA) is 93.4 Å². The zero-order valence-corrected chi connectivity index (χ0v) is 9.18. The third-order valence-corrected chi connectivity index (χ3v) is 2.49. The van der Waals surface area contributed by atoms with Crippen molar-refractivity contribution in [2.45, 2.75) is 6.92 Å². The molecule has 0 unspecified atom stereocenters. The molecular weight excluding hydrogens is 216 g/mol. The van der Waals surface area contributed by atoms with Crippen molar-refractivity contribution in [2.75, 3.05) is 5.73 Å². The Balaban J connectivity index is 2.22. The smallest absolute Gasteiger partial charge is 0.183 e. The van der Waals surface area contributed by atoms with E-state index < -0.39 is 0 Å². The number of H-pyrrole nitrogens is 1. The van der Waals surface area contributed by atoms with Crippen LogP contribution >= 0.6 is 0 Å². The Labute approximate surface area is 97.0 Å². The summed E-state index contributed by atoms with van der Waals surface area (Å²) in [5, 5.41) is 0. The van der Waals surface area contributed by atoms with Gasteiger partial charge in [-0.1, -0.05) is 0 Å². The largest absolute Gasteiger partial charge is 0.382 e. The molecule has 0 fully saturated rings. The van der Waals surface area contributed by atoms with Crippen LogP contribution in [0.25, 0.3) is 22.6 Å². The summed E-state index contributed by atoms with van der Waals surface area (Å²) in [6.07, 6.45) is 3.15. The molecule has 0 radical (unpaired) electrons. The van der Waals surface area contributed by atoms with E-state index in [1.165, 1.54) is 6.33 Å². The van der Waals surface area contributed by atoms with Crippen molar-refractivity contribution in [1.29, 1.82) is 0 Å². The standard InChI is InChI=1S/C11H10N6/c1-6-4-7(2-3-13-6)10-16-8-9(12)14-5-15-11(8)17-10/h2-5H,1H3,(H3,12,14,15,16,17). The first-order valence-corrected chi connectivity index (χ1v) is 5.13. The van der Waals surface area contributed by atoms with Crippen molar-refractivity contribution in [2.24, 2.45) is 0 Å². The molecule has 3 aromatic rings. The lowest BCUT2D eigenvalue weighted by molar-refractivity contribution is 1.19. The molecule has 0 saturated carbocycles. The minimum atomic E-state index is 0.402. The minimum Gasteiger partial charge on any atom is -0.382 e. The molecule has 17 heavy (non-hydrogen) atoms. The molecule has 0 aliphatic carbocycles. The highest BCUT2D eigenvalue weighted by Crippen LogP contribution is 2.21. The summed E-state index contributed by atoms with van der Waals surface area (Å²) < 4.78 is 0. The number of rotatable bonds is 1. The summed E-state index contributed by atoms with van der Waals surface area (Å²) in [5.41, 5.74) is 8.86. The number of hydrogen-bond acceptors (Lipinski definition) is 5. The maximum Gasteiger partial charge on any atom is 0.183 e. The maximum atomic E-state index is 5.74. The average Bonchev–Trinajstić information content (AvgIpc) is 2.74. The highest BCUT2D eigenvalue weighted by atomic mass is 15.0. The third-order valence-electron chi connectivity index (χ3n) is 2.49. The first kappa shape index (κ1) is 9.71. The second-order valence-corrected chi connectivity index (χ2v) is 3.73. The maximum absolute atomic E-state index is 5.74. The average molecular weight is 226 g/mol. The number of aromatic nitrogens is 5. The summed E-state index contributed by atoms with van der Waals surface area (Å²) in [6, 6.07) is 3.83. The molecule has 3 aromatic heterocycles. The second-order valence-electron chi connectivity index (χ2n) is 3.73. The van der Waals surface area contributed by atoms with E-state index in [-0.39, 0.29) is 0 Å². The van der Waals surface area contributed by atoms with Crippen LogP contribution in [0.2, 0.25) is 0 Å². The Bertz CT molecular complexity index is 687. The predicted molar refractivity (Wildman–Crippen MR) is 64.1 cm³/mol. The van der Waals surface area contributed by atoms with Gasteiger partial charge in [-0.15, -0.1) is 0 Å². The van der Waals surface area contributed by atoms with Gasteiger partial charge in [0.05, 0.1) is 0 Å². The predicted octanol–water partition coefficient (Wildman–Crippen LogP) is 1.31. The third kappa shape index (κ3) is 1.59. The number of nitrogens with one attached hydrogen (secondary N) is 1. The van der Waals surface area contributed by atoms with Gasteiger partial charge in [-0.05, 0) is 19.1 Å². The summed E-state index contributed by atoms with van der Waals surface area (Å²) >= 11 is 0. The number of aryl methyl sites for hydroxylation is 1. The first-order chi connectivity index (χ1) is 8.24. The zero-order chi connectivity index (χ0) is 11.8. The van der Waals surface area contributed by atoms with Crippen LogP contribution in [0.15, 0.2) is 24.7 Å². The van der Waals surface area contributed by atoms with Crippen LogP contribution in [0.3, 0.4) is 0 Å². The molecule has 0 atom stereocenters.